The standard InChI is InChI=1S/C8H19FGe/c1-6-10(9,7-2)8(3,4)5/h6-7H2,1-5H3. The second-order valence-corrected chi connectivity index (χ2v) is 14.1. The van der Waals surface area contributed by atoms with E-state index in [1.54, 1.807) is 0 Å². The third-order valence-corrected chi connectivity index (χ3v) is 12.8. The SMILES string of the molecule is C[CH2][Ge]([F])([CH2]C)[C](C)(C)C. The third kappa shape index (κ3) is 1.98. The monoisotopic (exact) mass is 208 g/mol. The molecule has 0 fully saturated rings. The molecule has 0 radical (unpaired) electrons. The van der Waals surface area contributed by atoms with Gasteiger partial charge in [-0.05, 0) is 0 Å². The maximum atomic E-state index is 13.9. The van der Waals surface area contributed by atoms with Crippen LogP contribution in [0.2, 0.25) is 14.8 Å². The van der Waals surface area contributed by atoms with Gasteiger partial charge in [-0.25, -0.2) is 0 Å². The van der Waals surface area contributed by atoms with Crippen molar-refractivity contribution in [2.45, 2.75) is 49.4 Å². The van der Waals surface area contributed by atoms with Gasteiger partial charge in [0, 0.05) is 0 Å². The van der Waals surface area contributed by atoms with Crippen LogP contribution in [0.25, 0.3) is 0 Å². The third-order valence-electron chi connectivity index (χ3n) is 2.46. The summed E-state index contributed by atoms with van der Waals surface area (Å²) in [6, 6.07) is 0. The Hall–Kier alpha value is 0.473. The van der Waals surface area contributed by atoms with E-state index in [1.165, 1.54) is 0 Å². The Labute approximate surface area is 67.1 Å². The number of hydrogen-bond acceptors (Lipinski definition) is 0. The molecule has 0 aliphatic rings. The second kappa shape index (κ2) is 3.25. The van der Waals surface area contributed by atoms with Gasteiger partial charge < -0.3 is 0 Å². The van der Waals surface area contributed by atoms with Crippen LogP contribution >= 0.6 is 0 Å². The summed E-state index contributed by atoms with van der Waals surface area (Å²) in [4.78, 5) is 0. The van der Waals surface area contributed by atoms with Gasteiger partial charge in [-0.15, -0.1) is 0 Å². The molecule has 2 heteroatoms. The van der Waals surface area contributed by atoms with Crippen LogP contribution in [0, 0.1) is 0 Å². The first-order chi connectivity index (χ1) is 4.37. The fourth-order valence-electron chi connectivity index (χ4n) is 1.31. The molecule has 10 heavy (non-hydrogen) atoms. The minimum atomic E-state index is -2.90. The molecule has 0 aliphatic heterocycles. The molecule has 62 valence electrons. The van der Waals surface area contributed by atoms with Crippen molar-refractivity contribution in [1.29, 1.82) is 0 Å². The van der Waals surface area contributed by atoms with Crippen LogP contribution in [0.4, 0.5) is 3.50 Å². The van der Waals surface area contributed by atoms with Crippen LogP contribution in [-0.2, 0) is 0 Å². The van der Waals surface area contributed by atoms with Crippen molar-refractivity contribution in [3.8, 4) is 0 Å². The number of rotatable bonds is 2. The Morgan fingerprint density at radius 1 is 1.10 bits per heavy atom. The average Bonchev–Trinajstić information content (AvgIpc) is 1.84. The van der Waals surface area contributed by atoms with Gasteiger partial charge in [-0.2, -0.15) is 0 Å². The summed E-state index contributed by atoms with van der Waals surface area (Å²) in [5.74, 6) is 0. The van der Waals surface area contributed by atoms with Gasteiger partial charge in [-0.3, -0.25) is 0 Å². The normalized spacial score (nSPS) is 13.8. The van der Waals surface area contributed by atoms with Crippen molar-refractivity contribution in [3.05, 3.63) is 0 Å². The Bertz CT molecular complexity index is 100. The summed E-state index contributed by atoms with van der Waals surface area (Å²) in [5.41, 5.74) is 0. The second-order valence-electron chi connectivity index (χ2n) is 3.92. The van der Waals surface area contributed by atoms with Crippen molar-refractivity contribution in [2.75, 3.05) is 0 Å². The van der Waals surface area contributed by atoms with Gasteiger partial charge in [0.05, 0.1) is 0 Å². The van der Waals surface area contributed by atoms with Crippen molar-refractivity contribution < 1.29 is 3.50 Å². The first-order valence-electron chi connectivity index (χ1n) is 4.06. The molecule has 0 saturated carbocycles. The average molecular weight is 207 g/mol. The van der Waals surface area contributed by atoms with Crippen molar-refractivity contribution in [1.82, 2.24) is 0 Å². The molecule has 0 aromatic heterocycles. The zero-order chi connectivity index (χ0) is 8.41. The molecular weight excluding hydrogens is 188 g/mol. The predicted molar refractivity (Wildman–Crippen MR) is 47.5 cm³/mol. The number of halogens is 1. The summed E-state index contributed by atoms with van der Waals surface area (Å²) in [6.07, 6.45) is 0. The van der Waals surface area contributed by atoms with Crippen LogP contribution in [-0.4, -0.2) is 13.7 Å². The van der Waals surface area contributed by atoms with Gasteiger partial charge >= 0.3 is 66.6 Å². The van der Waals surface area contributed by atoms with Gasteiger partial charge in [-0.1, -0.05) is 0 Å². The van der Waals surface area contributed by atoms with Crippen LogP contribution < -0.4 is 0 Å². The summed E-state index contributed by atoms with van der Waals surface area (Å²) in [5, 5.41) is 1.61. The fraction of sp³-hybridized carbons (Fsp3) is 1.00. The van der Waals surface area contributed by atoms with Crippen LogP contribution in [0.1, 0.15) is 34.6 Å². The Morgan fingerprint density at radius 3 is 1.40 bits per heavy atom. The molecule has 0 heterocycles. The molecule has 0 nitrogen and oxygen atoms in total. The molecule has 0 N–H and O–H groups in total. The zero-order valence-corrected chi connectivity index (χ0v) is 9.89. The van der Waals surface area contributed by atoms with Gasteiger partial charge in [0.1, 0.15) is 0 Å². The Morgan fingerprint density at radius 2 is 1.40 bits per heavy atom. The fourth-order valence-corrected chi connectivity index (χ4v) is 6.81. The van der Waals surface area contributed by atoms with Crippen molar-refractivity contribution >= 4 is 13.7 Å². The molecule has 0 aromatic rings. The van der Waals surface area contributed by atoms with Crippen molar-refractivity contribution in [3.63, 3.8) is 0 Å². The topological polar surface area (TPSA) is 0 Å². The minimum absolute atomic E-state index is 0.0243. The molecule has 0 spiro atoms. The van der Waals surface area contributed by atoms with Gasteiger partial charge in [0.15, 0.2) is 0 Å². The van der Waals surface area contributed by atoms with E-state index in [2.05, 4.69) is 0 Å². The van der Waals surface area contributed by atoms with E-state index in [1.807, 2.05) is 34.6 Å². The van der Waals surface area contributed by atoms with Crippen molar-refractivity contribution in [2.24, 2.45) is 0 Å². The summed E-state index contributed by atoms with van der Waals surface area (Å²) >= 11 is -2.90. The summed E-state index contributed by atoms with van der Waals surface area (Å²) in [7, 11) is 0. The summed E-state index contributed by atoms with van der Waals surface area (Å²) in [6.45, 7) is 10.1. The molecule has 0 aromatic carbocycles. The van der Waals surface area contributed by atoms with Gasteiger partial charge in [0.25, 0.3) is 0 Å². The molecule has 0 aliphatic carbocycles. The molecular formula is C8H19FGe. The van der Waals surface area contributed by atoms with E-state index in [0.717, 1.165) is 10.5 Å². The molecule has 0 saturated heterocycles. The van der Waals surface area contributed by atoms with E-state index >= 15 is 0 Å². The van der Waals surface area contributed by atoms with Crippen LogP contribution in [0.15, 0.2) is 0 Å². The first-order valence-corrected chi connectivity index (χ1v) is 8.87. The molecule has 0 amide bonds. The van der Waals surface area contributed by atoms with E-state index in [-0.39, 0.29) is 4.25 Å². The van der Waals surface area contributed by atoms with E-state index in [0.29, 0.717) is 0 Å². The molecule has 0 rings (SSSR count). The molecule has 0 unspecified atom stereocenters. The molecule has 0 atom stereocenters. The Balaban J connectivity index is 4.33. The van der Waals surface area contributed by atoms with E-state index < -0.39 is 13.7 Å². The maximum absolute atomic E-state index is 13.9. The molecule has 0 bridgehead atoms. The predicted octanol–water partition coefficient (Wildman–Crippen LogP) is 3.74. The van der Waals surface area contributed by atoms with Crippen LogP contribution in [0.3, 0.4) is 0 Å². The van der Waals surface area contributed by atoms with E-state index in [9.17, 15) is 3.50 Å². The van der Waals surface area contributed by atoms with E-state index in [4.69, 9.17) is 0 Å². The first kappa shape index (κ1) is 10.5. The quantitative estimate of drug-likeness (QED) is 0.604. The Kier molecular flexibility index (Phi) is 3.40. The number of hydrogen-bond donors (Lipinski definition) is 0. The van der Waals surface area contributed by atoms with Crippen LogP contribution in [0.5, 0.6) is 0 Å². The van der Waals surface area contributed by atoms with Gasteiger partial charge in [0.2, 0.25) is 0 Å². The summed E-state index contributed by atoms with van der Waals surface area (Å²) < 4.78 is 13.9. The zero-order valence-electron chi connectivity index (χ0n) is 7.79.